The number of pyridine rings is 1. The summed E-state index contributed by atoms with van der Waals surface area (Å²) in [6, 6.07) is 1.14. The molecular formula is C5H6BClFNO3. The summed E-state index contributed by atoms with van der Waals surface area (Å²) in [7, 11) is -1.85. The third kappa shape index (κ3) is 2.15. The van der Waals surface area contributed by atoms with E-state index >= 15 is 0 Å². The molecule has 7 heteroatoms. The fourth-order valence-electron chi connectivity index (χ4n) is 0.631. The molecule has 1 aromatic rings. The van der Waals surface area contributed by atoms with Gasteiger partial charge in [0.1, 0.15) is 0 Å². The van der Waals surface area contributed by atoms with Gasteiger partial charge >= 0.3 is 7.12 Å². The molecule has 1 heterocycles. The van der Waals surface area contributed by atoms with Crippen LogP contribution in [0.4, 0.5) is 4.39 Å². The van der Waals surface area contributed by atoms with Crippen LogP contribution in [0, 0.1) is 5.82 Å². The molecule has 1 rings (SSSR count). The van der Waals surface area contributed by atoms with E-state index in [1.54, 1.807) is 0 Å². The lowest BCUT2D eigenvalue weighted by atomic mass is 9.81. The minimum atomic E-state index is -1.85. The van der Waals surface area contributed by atoms with Gasteiger partial charge in [-0.25, -0.2) is 9.37 Å². The summed E-state index contributed by atoms with van der Waals surface area (Å²) in [5.74, 6) is -0.899. The number of rotatable bonds is 1. The second-order valence-electron chi connectivity index (χ2n) is 1.88. The minimum absolute atomic E-state index is 0. The first-order chi connectivity index (χ1) is 5.13. The maximum Gasteiger partial charge on any atom is 0.491 e. The molecule has 12 heavy (non-hydrogen) atoms. The minimum Gasteiger partial charge on any atom is -0.423 e. The number of hydrogen-bond donors (Lipinski definition) is 2. The lowest BCUT2D eigenvalue weighted by Crippen LogP contribution is -2.33. The van der Waals surface area contributed by atoms with Crippen molar-refractivity contribution in [1.29, 1.82) is 0 Å². The molecular weight excluding hydrogens is 187 g/mol. The van der Waals surface area contributed by atoms with Crippen molar-refractivity contribution >= 4 is 24.2 Å². The van der Waals surface area contributed by atoms with Crippen LogP contribution in [-0.4, -0.2) is 27.6 Å². The molecule has 0 aliphatic carbocycles. The first-order valence-electron chi connectivity index (χ1n) is 2.79. The summed E-state index contributed by atoms with van der Waals surface area (Å²) in [5, 5.41) is 16.8. The van der Waals surface area contributed by atoms with Crippen LogP contribution < -0.4 is 5.46 Å². The van der Waals surface area contributed by atoms with Crippen LogP contribution in [0.3, 0.4) is 0 Å². The van der Waals surface area contributed by atoms with Gasteiger partial charge in [-0.3, -0.25) is 0 Å². The molecule has 0 saturated carbocycles. The van der Waals surface area contributed by atoms with E-state index in [1.165, 1.54) is 6.20 Å². The van der Waals surface area contributed by atoms with Crippen molar-refractivity contribution in [2.24, 2.45) is 0 Å². The topological polar surface area (TPSA) is 84.9 Å². The fraction of sp³-hybridized carbons (Fsp3) is 0. The summed E-state index contributed by atoms with van der Waals surface area (Å²) in [6.45, 7) is 0. The molecule has 0 bridgehead atoms. The van der Waals surface area contributed by atoms with E-state index in [4.69, 9.17) is 21.6 Å². The van der Waals surface area contributed by atoms with E-state index in [0.29, 0.717) is 0 Å². The van der Waals surface area contributed by atoms with Gasteiger partial charge in [-0.1, -0.05) is 11.6 Å². The molecule has 0 aromatic carbocycles. The van der Waals surface area contributed by atoms with Crippen molar-refractivity contribution in [2.45, 2.75) is 0 Å². The highest BCUT2D eigenvalue weighted by Gasteiger charge is 2.18. The summed E-state index contributed by atoms with van der Waals surface area (Å²) < 4.78 is 12.7. The zero-order valence-corrected chi connectivity index (χ0v) is 6.59. The Morgan fingerprint density at radius 2 is 2.08 bits per heavy atom. The SMILES string of the molecule is O.OB(O)c1ccnc(Cl)c1F. The van der Waals surface area contributed by atoms with Crippen LogP contribution >= 0.6 is 11.6 Å². The summed E-state index contributed by atoms with van der Waals surface area (Å²) >= 11 is 5.25. The van der Waals surface area contributed by atoms with E-state index in [9.17, 15) is 4.39 Å². The van der Waals surface area contributed by atoms with Gasteiger partial charge in [-0.05, 0) is 6.07 Å². The molecule has 4 nitrogen and oxygen atoms in total. The van der Waals surface area contributed by atoms with Gasteiger partial charge in [0, 0.05) is 11.7 Å². The van der Waals surface area contributed by atoms with Crippen molar-refractivity contribution in [3.8, 4) is 0 Å². The zero-order valence-electron chi connectivity index (χ0n) is 5.83. The van der Waals surface area contributed by atoms with Crippen molar-refractivity contribution < 1.29 is 19.9 Å². The quantitative estimate of drug-likeness (QED) is 0.431. The van der Waals surface area contributed by atoms with Gasteiger partial charge in [0.25, 0.3) is 0 Å². The highest BCUT2D eigenvalue weighted by Crippen LogP contribution is 2.06. The summed E-state index contributed by atoms with van der Waals surface area (Å²) in [6.07, 6.45) is 1.19. The first kappa shape index (κ1) is 11.3. The second-order valence-corrected chi connectivity index (χ2v) is 2.24. The molecule has 1 aromatic heterocycles. The van der Waals surface area contributed by atoms with Crippen molar-refractivity contribution in [1.82, 2.24) is 4.98 Å². The molecule has 66 valence electrons. The standard InChI is InChI=1S/C5H4BClFNO2.H2O/c7-5-4(8)3(6(10)11)1-2-9-5;/h1-2,10-11H;1H2. The molecule has 0 aliphatic heterocycles. The molecule has 0 spiro atoms. The smallest absolute Gasteiger partial charge is 0.423 e. The van der Waals surface area contributed by atoms with E-state index in [1.807, 2.05) is 0 Å². The zero-order chi connectivity index (χ0) is 8.43. The second kappa shape index (κ2) is 4.37. The van der Waals surface area contributed by atoms with Gasteiger partial charge in [0.2, 0.25) is 0 Å². The maximum atomic E-state index is 12.7. The Morgan fingerprint density at radius 1 is 1.50 bits per heavy atom. The molecule has 0 unspecified atom stereocenters. The highest BCUT2D eigenvalue weighted by atomic mass is 35.5. The highest BCUT2D eigenvalue weighted by molar-refractivity contribution is 6.59. The van der Waals surface area contributed by atoms with Crippen LogP contribution in [0.25, 0.3) is 0 Å². The third-order valence-corrected chi connectivity index (χ3v) is 1.42. The molecule has 0 saturated heterocycles. The Hall–Kier alpha value is -0.685. The average Bonchev–Trinajstić information content (AvgIpc) is 1.94. The Morgan fingerprint density at radius 3 is 2.50 bits per heavy atom. The Balaban J connectivity index is 0.00000121. The monoisotopic (exact) mass is 193 g/mol. The number of nitrogens with zero attached hydrogens (tertiary/aromatic N) is 1. The Kier molecular flexibility index (Phi) is 4.12. The molecule has 0 amide bonds. The van der Waals surface area contributed by atoms with Gasteiger partial charge < -0.3 is 15.5 Å². The summed E-state index contributed by atoms with van der Waals surface area (Å²) in [4.78, 5) is 3.39. The van der Waals surface area contributed by atoms with E-state index in [0.717, 1.165) is 6.07 Å². The lowest BCUT2D eigenvalue weighted by molar-refractivity contribution is 0.423. The third-order valence-electron chi connectivity index (χ3n) is 1.15. The van der Waals surface area contributed by atoms with E-state index in [2.05, 4.69) is 4.98 Å². The average molecular weight is 193 g/mol. The first-order valence-corrected chi connectivity index (χ1v) is 3.16. The van der Waals surface area contributed by atoms with Gasteiger partial charge in [-0.15, -0.1) is 0 Å². The van der Waals surface area contributed by atoms with Gasteiger partial charge in [0.15, 0.2) is 11.0 Å². The molecule has 0 atom stereocenters. The lowest BCUT2D eigenvalue weighted by Gasteiger charge is -2.00. The number of halogens is 2. The molecule has 0 aliphatic rings. The maximum absolute atomic E-state index is 12.7. The van der Waals surface area contributed by atoms with Crippen LogP contribution in [-0.2, 0) is 0 Å². The van der Waals surface area contributed by atoms with Gasteiger partial charge in [-0.2, -0.15) is 0 Å². The van der Waals surface area contributed by atoms with Crippen molar-refractivity contribution in [3.63, 3.8) is 0 Å². The van der Waals surface area contributed by atoms with Crippen LogP contribution in [0.2, 0.25) is 5.15 Å². The van der Waals surface area contributed by atoms with Crippen LogP contribution in [0.15, 0.2) is 12.3 Å². The van der Waals surface area contributed by atoms with Crippen LogP contribution in [0.1, 0.15) is 0 Å². The van der Waals surface area contributed by atoms with Crippen molar-refractivity contribution in [3.05, 3.63) is 23.2 Å². The fourth-order valence-corrected chi connectivity index (χ4v) is 0.797. The van der Waals surface area contributed by atoms with E-state index < -0.39 is 12.9 Å². The Labute approximate surface area is 73.1 Å². The van der Waals surface area contributed by atoms with Crippen molar-refractivity contribution in [2.75, 3.05) is 0 Å². The summed E-state index contributed by atoms with van der Waals surface area (Å²) in [5.41, 5.74) is -0.273. The van der Waals surface area contributed by atoms with E-state index in [-0.39, 0.29) is 16.1 Å². The number of hydrogen-bond acceptors (Lipinski definition) is 3. The predicted octanol–water partition coefficient (Wildman–Crippen LogP) is -1.27. The predicted molar refractivity (Wildman–Crippen MR) is 42.6 cm³/mol. The molecule has 4 N–H and O–H groups in total. The Bertz CT molecular complexity index is 273. The van der Waals surface area contributed by atoms with Crippen LogP contribution in [0.5, 0.6) is 0 Å². The molecule has 0 fully saturated rings. The molecule has 0 radical (unpaired) electrons. The van der Waals surface area contributed by atoms with Gasteiger partial charge in [0.05, 0.1) is 0 Å². The number of aromatic nitrogens is 1. The largest absolute Gasteiger partial charge is 0.491 e. The normalized spacial score (nSPS) is 9.00.